The maximum Gasteiger partial charge on any atom is 0.224 e. The summed E-state index contributed by atoms with van der Waals surface area (Å²) in [5, 5.41) is 3.27. The Morgan fingerprint density at radius 2 is 1.79 bits per heavy atom. The quantitative estimate of drug-likeness (QED) is 0.623. The van der Waals surface area contributed by atoms with Crippen molar-refractivity contribution >= 4 is 17.0 Å². The third-order valence-corrected chi connectivity index (χ3v) is 3.91. The zero-order chi connectivity index (χ0) is 16.4. The van der Waals surface area contributed by atoms with E-state index in [9.17, 15) is 0 Å². The summed E-state index contributed by atoms with van der Waals surface area (Å²) in [5.74, 6) is 1.40. The van der Waals surface area contributed by atoms with Gasteiger partial charge in [-0.25, -0.2) is 9.97 Å². The van der Waals surface area contributed by atoms with Crippen LogP contribution in [-0.4, -0.2) is 19.5 Å². The SMILES string of the molecule is Cc1ccc(CNc2nccc(-n3cnc4ccccc43)n2)cc1. The zero-order valence-electron chi connectivity index (χ0n) is 13.3. The summed E-state index contributed by atoms with van der Waals surface area (Å²) in [4.78, 5) is 13.3. The molecule has 0 aliphatic carbocycles. The largest absolute Gasteiger partial charge is 0.350 e. The Morgan fingerprint density at radius 1 is 0.958 bits per heavy atom. The predicted octanol–water partition coefficient (Wildman–Crippen LogP) is 3.74. The fraction of sp³-hybridized carbons (Fsp3) is 0.105. The predicted molar refractivity (Wildman–Crippen MR) is 95.2 cm³/mol. The van der Waals surface area contributed by atoms with Crippen molar-refractivity contribution in [2.45, 2.75) is 13.5 Å². The first-order valence-corrected chi connectivity index (χ1v) is 7.84. The van der Waals surface area contributed by atoms with Gasteiger partial charge in [-0.05, 0) is 30.7 Å². The molecule has 4 rings (SSSR count). The molecule has 2 aromatic carbocycles. The van der Waals surface area contributed by atoms with Gasteiger partial charge in [-0.2, -0.15) is 4.98 Å². The molecule has 0 fully saturated rings. The van der Waals surface area contributed by atoms with Crippen LogP contribution in [-0.2, 0) is 6.54 Å². The summed E-state index contributed by atoms with van der Waals surface area (Å²) in [5.41, 5.74) is 4.43. The molecule has 0 saturated heterocycles. The first-order valence-electron chi connectivity index (χ1n) is 7.84. The molecule has 0 atom stereocenters. The summed E-state index contributed by atoms with van der Waals surface area (Å²) in [7, 11) is 0. The minimum atomic E-state index is 0.603. The topological polar surface area (TPSA) is 55.6 Å². The van der Waals surface area contributed by atoms with Crippen LogP contribution < -0.4 is 5.32 Å². The number of nitrogens with zero attached hydrogens (tertiary/aromatic N) is 4. The fourth-order valence-corrected chi connectivity index (χ4v) is 2.60. The van der Waals surface area contributed by atoms with Crippen molar-refractivity contribution in [1.82, 2.24) is 19.5 Å². The van der Waals surface area contributed by atoms with Crippen molar-refractivity contribution < 1.29 is 0 Å². The van der Waals surface area contributed by atoms with Gasteiger partial charge in [0.15, 0.2) is 0 Å². The van der Waals surface area contributed by atoms with E-state index in [2.05, 4.69) is 51.5 Å². The summed E-state index contributed by atoms with van der Waals surface area (Å²) in [6.45, 7) is 2.77. The Labute approximate surface area is 140 Å². The fourth-order valence-electron chi connectivity index (χ4n) is 2.60. The van der Waals surface area contributed by atoms with Gasteiger partial charge in [0.05, 0.1) is 11.0 Å². The lowest BCUT2D eigenvalue weighted by atomic mass is 10.1. The lowest BCUT2D eigenvalue weighted by Crippen LogP contribution is -2.06. The van der Waals surface area contributed by atoms with Gasteiger partial charge in [-0.15, -0.1) is 0 Å². The highest BCUT2D eigenvalue weighted by Gasteiger charge is 2.06. The Kier molecular flexibility index (Phi) is 3.67. The van der Waals surface area contributed by atoms with Crippen LogP contribution in [0, 0.1) is 6.92 Å². The van der Waals surface area contributed by atoms with Crippen molar-refractivity contribution in [2.24, 2.45) is 0 Å². The molecule has 118 valence electrons. The molecule has 1 N–H and O–H groups in total. The first-order chi connectivity index (χ1) is 11.8. The molecule has 0 amide bonds. The summed E-state index contributed by atoms with van der Waals surface area (Å²) in [6.07, 6.45) is 3.55. The van der Waals surface area contributed by atoms with Crippen molar-refractivity contribution in [2.75, 3.05) is 5.32 Å². The van der Waals surface area contributed by atoms with Gasteiger partial charge in [-0.3, -0.25) is 4.57 Å². The molecule has 0 aliphatic rings. The molecule has 2 aromatic heterocycles. The van der Waals surface area contributed by atoms with Gasteiger partial charge in [0.1, 0.15) is 12.1 Å². The van der Waals surface area contributed by atoms with Crippen LogP contribution in [0.4, 0.5) is 5.95 Å². The number of nitrogens with one attached hydrogen (secondary N) is 1. The van der Waals surface area contributed by atoms with Crippen molar-refractivity contribution in [3.05, 3.63) is 78.2 Å². The van der Waals surface area contributed by atoms with Gasteiger partial charge < -0.3 is 5.32 Å². The number of aromatic nitrogens is 4. The van der Waals surface area contributed by atoms with Crippen LogP contribution in [0.5, 0.6) is 0 Å². The van der Waals surface area contributed by atoms with Crippen LogP contribution in [0.1, 0.15) is 11.1 Å². The van der Waals surface area contributed by atoms with Gasteiger partial charge >= 0.3 is 0 Å². The van der Waals surface area contributed by atoms with Crippen molar-refractivity contribution in [3.8, 4) is 5.82 Å². The molecule has 2 heterocycles. The highest BCUT2D eigenvalue weighted by atomic mass is 15.2. The van der Waals surface area contributed by atoms with Crippen LogP contribution >= 0.6 is 0 Å². The standard InChI is InChI=1S/C19H17N5/c1-14-6-8-15(9-7-14)12-21-19-20-11-10-18(23-19)24-13-22-16-4-2-3-5-17(16)24/h2-11,13H,12H2,1H3,(H,20,21,23). The number of rotatable bonds is 4. The zero-order valence-corrected chi connectivity index (χ0v) is 13.3. The number of imidazole rings is 1. The lowest BCUT2D eigenvalue weighted by Gasteiger charge is -2.08. The smallest absolute Gasteiger partial charge is 0.224 e. The summed E-state index contributed by atoms with van der Waals surface area (Å²) >= 11 is 0. The number of fused-ring (bicyclic) bond motifs is 1. The molecule has 0 radical (unpaired) electrons. The second-order valence-electron chi connectivity index (χ2n) is 5.68. The van der Waals surface area contributed by atoms with E-state index in [0.717, 1.165) is 16.9 Å². The maximum atomic E-state index is 4.60. The van der Waals surface area contributed by atoms with Gasteiger partial charge in [0, 0.05) is 12.7 Å². The van der Waals surface area contributed by atoms with Crippen molar-refractivity contribution in [3.63, 3.8) is 0 Å². The Balaban J connectivity index is 1.58. The molecule has 0 bridgehead atoms. The number of hydrogen-bond donors (Lipinski definition) is 1. The molecule has 0 unspecified atom stereocenters. The average Bonchev–Trinajstić information content (AvgIpc) is 3.06. The minimum Gasteiger partial charge on any atom is -0.350 e. The molecule has 4 aromatic rings. The molecule has 5 heteroatoms. The molecular formula is C19H17N5. The summed E-state index contributed by atoms with van der Waals surface area (Å²) < 4.78 is 1.97. The molecule has 24 heavy (non-hydrogen) atoms. The second-order valence-corrected chi connectivity index (χ2v) is 5.68. The van der Waals surface area contributed by atoms with Crippen LogP contribution in [0.2, 0.25) is 0 Å². The van der Waals surface area contributed by atoms with E-state index in [4.69, 9.17) is 0 Å². The molecule has 0 saturated carbocycles. The number of para-hydroxylation sites is 2. The van der Waals surface area contributed by atoms with Gasteiger partial charge in [0.25, 0.3) is 0 Å². The van der Waals surface area contributed by atoms with Crippen molar-refractivity contribution in [1.29, 1.82) is 0 Å². The molecule has 0 spiro atoms. The molecule has 5 nitrogen and oxygen atoms in total. The number of aryl methyl sites for hydroxylation is 1. The summed E-state index contributed by atoms with van der Waals surface area (Å²) in [6, 6.07) is 18.3. The van der Waals surface area contributed by atoms with E-state index in [-0.39, 0.29) is 0 Å². The van der Waals surface area contributed by atoms with E-state index >= 15 is 0 Å². The minimum absolute atomic E-state index is 0.603. The van der Waals surface area contributed by atoms with Crippen LogP contribution in [0.3, 0.4) is 0 Å². The van der Waals surface area contributed by atoms with Crippen LogP contribution in [0.25, 0.3) is 16.9 Å². The Bertz CT molecular complexity index is 972. The van der Waals surface area contributed by atoms with E-state index in [0.29, 0.717) is 12.5 Å². The first kappa shape index (κ1) is 14.4. The highest BCUT2D eigenvalue weighted by molar-refractivity contribution is 5.76. The van der Waals surface area contributed by atoms with E-state index < -0.39 is 0 Å². The second kappa shape index (κ2) is 6.12. The molecule has 0 aliphatic heterocycles. The Morgan fingerprint density at radius 3 is 2.67 bits per heavy atom. The number of benzene rings is 2. The van der Waals surface area contributed by atoms with E-state index in [1.807, 2.05) is 34.9 Å². The normalized spacial score (nSPS) is 10.9. The number of hydrogen-bond acceptors (Lipinski definition) is 4. The highest BCUT2D eigenvalue weighted by Crippen LogP contribution is 2.17. The third-order valence-electron chi connectivity index (χ3n) is 3.91. The van der Waals surface area contributed by atoms with Gasteiger partial charge in [-0.1, -0.05) is 42.0 Å². The van der Waals surface area contributed by atoms with Gasteiger partial charge in [0.2, 0.25) is 5.95 Å². The molecular weight excluding hydrogens is 298 g/mol. The average molecular weight is 315 g/mol. The van der Waals surface area contributed by atoms with E-state index in [1.165, 1.54) is 11.1 Å². The van der Waals surface area contributed by atoms with Crippen LogP contribution in [0.15, 0.2) is 67.1 Å². The number of anilines is 1. The maximum absolute atomic E-state index is 4.60. The Hall–Kier alpha value is -3.21. The third kappa shape index (κ3) is 2.84. The monoisotopic (exact) mass is 315 g/mol. The lowest BCUT2D eigenvalue weighted by molar-refractivity contribution is 0.976. The van der Waals surface area contributed by atoms with E-state index in [1.54, 1.807) is 12.5 Å².